The molecule has 9 heteroatoms. The van der Waals surface area contributed by atoms with Crippen LogP contribution >= 0.6 is 0 Å². The lowest BCUT2D eigenvalue weighted by molar-refractivity contribution is -0.140. The molecule has 3 atom stereocenters. The van der Waals surface area contributed by atoms with E-state index in [0.29, 0.717) is 31.7 Å². The highest BCUT2D eigenvalue weighted by Gasteiger charge is 2.35. The standard InChI is InChI=1S/C24H30N2O6S/c1-31-19-6-9-21(10-7-19)33(29,30)25-22-11-8-20(32-23(22)16-27)14-24(28)26-13-12-17-4-2-3-5-18(17)15-26/h2-7,9-10,20,22-23,25,27H,8,11-16H2,1H3/t20-,22+,23+/m0/s1. The van der Waals surface area contributed by atoms with Crippen LogP contribution in [0.4, 0.5) is 0 Å². The largest absolute Gasteiger partial charge is 0.497 e. The molecule has 2 N–H and O–H groups in total. The molecule has 0 spiro atoms. The van der Waals surface area contributed by atoms with Gasteiger partial charge in [-0.1, -0.05) is 24.3 Å². The van der Waals surface area contributed by atoms with E-state index >= 15 is 0 Å². The maximum absolute atomic E-state index is 12.9. The summed E-state index contributed by atoms with van der Waals surface area (Å²) >= 11 is 0. The number of hydrogen-bond acceptors (Lipinski definition) is 6. The average molecular weight is 475 g/mol. The van der Waals surface area contributed by atoms with E-state index in [1.807, 2.05) is 23.1 Å². The third-order valence-electron chi connectivity index (χ3n) is 6.36. The second kappa shape index (κ2) is 10.2. The first-order valence-corrected chi connectivity index (χ1v) is 12.6. The fourth-order valence-corrected chi connectivity index (χ4v) is 5.77. The van der Waals surface area contributed by atoms with Gasteiger partial charge in [-0.05, 0) is 54.7 Å². The minimum Gasteiger partial charge on any atom is -0.497 e. The van der Waals surface area contributed by atoms with Gasteiger partial charge in [-0.3, -0.25) is 4.79 Å². The van der Waals surface area contributed by atoms with Crippen LogP contribution in [0, 0.1) is 0 Å². The van der Waals surface area contributed by atoms with Crippen LogP contribution in [-0.4, -0.2) is 62.8 Å². The molecule has 0 radical (unpaired) electrons. The van der Waals surface area contributed by atoms with Crippen molar-refractivity contribution in [2.75, 3.05) is 20.3 Å². The average Bonchev–Trinajstić information content (AvgIpc) is 2.84. The highest BCUT2D eigenvalue weighted by atomic mass is 32.2. The van der Waals surface area contributed by atoms with Crippen molar-refractivity contribution in [2.24, 2.45) is 0 Å². The Hall–Kier alpha value is -2.46. The Balaban J connectivity index is 1.34. The molecule has 0 saturated carbocycles. The number of benzene rings is 2. The van der Waals surface area contributed by atoms with Crippen molar-refractivity contribution in [3.05, 3.63) is 59.7 Å². The number of amides is 1. The summed E-state index contributed by atoms with van der Waals surface area (Å²) in [6.07, 6.45) is 0.989. The molecule has 2 aliphatic rings. The SMILES string of the molecule is COc1ccc(S(=O)(=O)N[C@@H]2CC[C@@H](CC(=O)N3CCc4ccccc4C3)O[C@@H]2CO)cc1. The fraction of sp³-hybridized carbons (Fsp3) is 0.458. The van der Waals surface area contributed by atoms with Gasteiger partial charge in [0.05, 0.1) is 43.3 Å². The molecule has 33 heavy (non-hydrogen) atoms. The third kappa shape index (κ3) is 5.55. The third-order valence-corrected chi connectivity index (χ3v) is 7.86. The number of nitrogens with one attached hydrogen (secondary N) is 1. The molecular weight excluding hydrogens is 444 g/mol. The highest BCUT2D eigenvalue weighted by Crippen LogP contribution is 2.26. The molecule has 2 heterocycles. The normalized spacial score (nSPS) is 23.1. The van der Waals surface area contributed by atoms with Crippen molar-refractivity contribution in [1.29, 1.82) is 0 Å². The van der Waals surface area contributed by atoms with E-state index in [9.17, 15) is 18.3 Å². The van der Waals surface area contributed by atoms with E-state index in [-0.39, 0.29) is 29.9 Å². The van der Waals surface area contributed by atoms with Crippen molar-refractivity contribution >= 4 is 15.9 Å². The predicted octanol–water partition coefficient (Wildman–Crippen LogP) is 1.86. The lowest BCUT2D eigenvalue weighted by atomic mass is 9.96. The molecule has 0 unspecified atom stereocenters. The molecule has 0 bridgehead atoms. The Morgan fingerprint density at radius 1 is 1.15 bits per heavy atom. The molecule has 0 aromatic heterocycles. The summed E-state index contributed by atoms with van der Waals surface area (Å²) in [7, 11) is -2.27. The van der Waals surface area contributed by atoms with Gasteiger partial charge in [0.1, 0.15) is 5.75 Å². The zero-order valence-corrected chi connectivity index (χ0v) is 19.5. The zero-order valence-electron chi connectivity index (χ0n) is 18.6. The van der Waals surface area contributed by atoms with Gasteiger partial charge in [0.2, 0.25) is 15.9 Å². The first kappa shape index (κ1) is 23.7. The van der Waals surface area contributed by atoms with E-state index in [4.69, 9.17) is 9.47 Å². The number of fused-ring (bicyclic) bond motifs is 1. The summed E-state index contributed by atoms with van der Waals surface area (Å²) < 4.78 is 39.2. The molecule has 178 valence electrons. The summed E-state index contributed by atoms with van der Waals surface area (Å²) in [5, 5.41) is 9.84. The smallest absolute Gasteiger partial charge is 0.240 e. The molecule has 2 aliphatic heterocycles. The number of carbonyl (C=O) groups excluding carboxylic acids is 1. The van der Waals surface area contributed by atoms with Gasteiger partial charge in [0.15, 0.2) is 0 Å². The van der Waals surface area contributed by atoms with Crippen LogP contribution in [0.25, 0.3) is 0 Å². The summed E-state index contributed by atoms with van der Waals surface area (Å²) in [6.45, 7) is 0.934. The van der Waals surface area contributed by atoms with Gasteiger partial charge in [0, 0.05) is 13.1 Å². The number of aliphatic hydroxyl groups excluding tert-OH is 1. The summed E-state index contributed by atoms with van der Waals surface area (Å²) in [6, 6.07) is 13.7. The Bertz CT molecular complexity index is 1070. The number of ether oxygens (including phenoxy) is 2. The van der Waals surface area contributed by atoms with Crippen LogP contribution in [0.5, 0.6) is 5.75 Å². The minimum atomic E-state index is -3.79. The van der Waals surface area contributed by atoms with Crippen LogP contribution in [0.3, 0.4) is 0 Å². The van der Waals surface area contributed by atoms with Gasteiger partial charge >= 0.3 is 0 Å². The van der Waals surface area contributed by atoms with E-state index in [1.54, 1.807) is 12.1 Å². The lowest BCUT2D eigenvalue weighted by Gasteiger charge is -2.37. The van der Waals surface area contributed by atoms with Crippen LogP contribution in [0.2, 0.25) is 0 Å². The summed E-state index contributed by atoms with van der Waals surface area (Å²) in [5.74, 6) is 0.580. The van der Waals surface area contributed by atoms with E-state index in [2.05, 4.69) is 10.8 Å². The molecule has 1 saturated heterocycles. The van der Waals surface area contributed by atoms with Crippen LogP contribution in [-0.2, 0) is 32.5 Å². The monoisotopic (exact) mass is 474 g/mol. The first-order valence-electron chi connectivity index (χ1n) is 11.2. The fourth-order valence-electron chi connectivity index (χ4n) is 4.47. The molecular formula is C24H30N2O6S. The number of sulfonamides is 1. The number of rotatable bonds is 7. The summed E-state index contributed by atoms with van der Waals surface area (Å²) in [4.78, 5) is 14.8. The van der Waals surface area contributed by atoms with Crippen LogP contribution in [0.1, 0.15) is 30.4 Å². The topological polar surface area (TPSA) is 105 Å². The quantitative estimate of drug-likeness (QED) is 0.635. The van der Waals surface area contributed by atoms with Gasteiger partial charge in [-0.25, -0.2) is 13.1 Å². The van der Waals surface area contributed by atoms with Crippen LogP contribution in [0.15, 0.2) is 53.4 Å². The van der Waals surface area contributed by atoms with Crippen molar-refractivity contribution in [2.45, 2.75) is 55.4 Å². The van der Waals surface area contributed by atoms with Crippen LogP contribution < -0.4 is 9.46 Å². The van der Waals surface area contributed by atoms with E-state index < -0.39 is 22.2 Å². The van der Waals surface area contributed by atoms with Crippen molar-refractivity contribution < 1.29 is 27.8 Å². The number of methoxy groups -OCH3 is 1. The Labute approximate surface area is 194 Å². The lowest BCUT2D eigenvalue weighted by Crippen LogP contribution is -2.51. The Morgan fingerprint density at radius 2 is 1.88 bits per heavy atom. The van der Waals surface area contributed by atoms with Gasteiger partial charge in [-0.15, -0.1) is 0 Å². The molecule has 2 aromatic rings. The Kier molecular flexibility index (Phi) is 7.33. The van der Waals surface area contributed by atoms with Gasteiger partial charge in [0.25, 0.3) is 0 Å². The van der Waals surface area contributed by atoms with Gasteiger partial charge < -0.3 is 19.5 Å². The number of aliphatic hydroxyl groups is 1. The number of hydrogen-bond donors (Lipinski definition) is 2. The number of carbonyl (C=O) groups is 1. The van der Waals surface area contributed by atoms with Crippen molar-refractivity contribution in [3.63, 3.8) is 0 Å². The summed E-state index contributed by atoms with van der Waals surface area (Å²) in [5.41, 5.74) is 2.45. The second-order valence-electron chi connectivity index (χ2n) is 8.50. The molecule has 0 aliphatic carbocycles. The van der Waals surface area contributed by atoms with E-state index in [0.717, 1.165) is 6.42 Å². The molecule has 1 amide bonds. The zero-order chi connectivity index (χ0) is 23.4. The predicted molar refractivity (Wildman–Crippen MR) is 122 cm³/mol. The highest BCUT2D eigenvalue weighted by molar-refractivity contribution is 7.89. The number of nitrogens with zero attached hydrogens (tertiary/aromatic N) is 1. The van der Waals surface area contributed by atoms with Gasteiger partial charge in [-0.2, -0.15) is 0 Å². The molecule has 2 aromatic carbocycles. The maximum atomic E-state index is 12.9. The second-order valence-corrected chi connectivity index (χ2v) is 10.2. The molecule has 1 fully saturated rings. The Morgan fingerprint density at radius 3 is 2.58 bits per heavy atom. The first-order chi connectivity index (χ1) is 15.9. The molecule has 4 rings (SSSR count). The minimum absolute atomic E-state index is 0.0171. The maximum Gasteiger partial charge on any atom is 0.240 e. The van der Waals surface area contributed by atoms with E-state index in [1.165, 1.54) is 30.4 Å². The molecule has 8 nitrogen and oxygen atoms in total. The van der Waals surface area contributed by atoms with Crippen molar-refractivity contribution in [3.8, 4) is 5.75 Å². The van der Waals surface area contributed by atoms with Crippen molar-refractivity contribution in [1.82, 2.24) is 9.62 Å².